The van der Waals surface area contributed by atoms with Crippen LogP contribution in [0.2, 0.25) is 0 Å². The van der Waals surface area contributed by atoms with Crippen molar-refractivity contribution in [3.8, 4) is 0 Å². The molecule has 2 fully saturated rings. The molecule has 0 aromatic heterocycles. The summed E-state index contributed by atoms with van der Waals surface area (Å²) in [5, 5.41) is 6.06. The Balaban J connectivity index is 1.35. The minimum Gasteiger partial charge on any atom is -0.352 e. The number of nitrogens with one attached hydrogen (secondary N) is 2. The molecule has 1 saturated heterocycles. The first-order valence-electron chi connectivity index (χ1n) is 12.0. The van der Waals surface area contributed by atoms with Crippen LogP contribution in [0.25, 0.3) is 0 Å². The van der Waals surface area contributed by atoms with E-state index in [1.54, 1.807) is 6.07 Å². The molecule has 6 heteroatoms. The highest BCUT2D eigenvalue weighted by Gasteiger charge is 2.36. The SMILES string of the molecule is Cc1cccc(C(=O)NC(C(=O)NC2CC2)C2CCN(C(=O)CCc3ccccc3)CC2)c1. The number of benzene rings is 2. The van der Waals surface area contributed by atoms with E-state index in [1.807, 2.05) is 60.4 Å². The predicted octanol–water partition coefficient (Wildman–Crippen LogP) is 3.24. The highest BCUT2D eigenvalue weighted by molar-refractivity contribution is 5.97. The summed E-state index contributed by atoms with van der Waals surface area (Å²) in [6.07, 6.45) is 4.63. The maximum Gasteiger partial charge on any atom is 0.251 e. The molecule has 2 aliphatic rings. The molecule has 2 N–H and O–H groups in total. The van der Waals surface area contributed by atoms with Crippen LogP contribution in [-0.2, 0) is 16.0 Å². The lowest BCUT2D eigenvalue weighted by molar-refractivity contribution is -0.133. The highest BCUT2D eigenvalue weighted by atomic mass is 16.2. The number of carbonyl (C=O) groups excluding carboxylic acids is 3. The highest BCUT2D eigenvalue weighted by Crippen LogP contribution is 2.24. The van der Waals surface area contributed by atoms with Crippen LogP contribution in [0.15, 0.2) is 54.6 Å². The zero-order valence-corrected chi connectivity index (χ0v) is 19.3. The van der Waals surface area contributed by atoms with Gasteiger partial charge in [0, 0.05) is 31.1 Å². The van der Waals surface area contributed by atoms with Crippen molar-refractivity contribution in [2.45, 2.75) is 57.5 Å². The van der Waals surface area contributed by atoms with E-state index in [9.17, 15) is 14.4 Å². The molecule has 1 aliphatic heterocycles. The fraction of sp³-hybridized carbons (Fsp3) is 0.444. The van der Waals surface area contributed by atoms with Crippen LogP contribution in [0, 0.1) is 12.8 Å². The molecule has 174 valence electrons. The van der Waals surface area contributed by atoms with E-state index in [-0.39, 0.29) is 29.7 Å². The first-order valence-corrected chi connectivity index (χ1v) is 12.0. The Bertz CT molecular complexity index is 979. The minimum absolute atomic E-state index is 0.00989. The maximum atomic E-state index is 13.0. The normalized spacial score (nSPS) is 17.3. The van der Waals surface area contributed by atoms with Crippen molar-refractivity contribution in [2.24, 2.45) is 5.92 Å². The zero-order chi connectivity index (χ0) is 23.2. The van der Waals surface area contributed by atoms with E-state index in [2.05, 4.69) is 10.6 Å². The Morgan fingerprint density at radius 2 is 1.70 bits per heavy atom. The smallest absolute Gasteiger partial charge is 0.251 e. The van der Waals surface area contributed by atoms with Gasteiger partial charge in [-0.2, -0.15) is 0 Å². The average molecular weight is 448 g/mol. The molecule has 0 spiro atoms. The second kappa shape index (κ2) is 10.6. The number of rotatable bonds is 8. The summed E-state index contributed by atoms with van der Waals surface area (Å²) in [5.41, 5.74) is 2.73. The number of likely N-dealkylation sites (tertiary alicyclic amines) is 1. The van der Waals surface area contributed by atoms with E-state index in [1.165, 1.54) is 0 Å². The van der Waals surface area contributed by atoms with Crippen molar-refractivity contribution >= 4 is 17.7 Å². The van der Waals surface area contributed by atoms with E-state index in [4.69, 9.17) is 0 Å². The van der Waals surface area contributed by atoms with E-state index in [0.717, 1.165) is 30.4 Å². The van der Waals surface area contributed by atoms with Gasteiger partial charge in [0.15, 0.2) is 0 Å². The Labute approximate surface area is 195 Å². The van der Waals surface area contributed by atoms with Crippen LogP contribution in [0.4, 0.5) is 0 Å². The molecule has 3 amide bonds. The predicted molar refractivity (Wildman–Crippen MR) is 128 cm³/mol. The van der Waals surface area contributed by atoms with Gasteiger partial charge in [-0.1, -0.05) is 48.0 Å². The van der Waals surface area contributed by atoms with Crippen molar-refractivity contribution < 1.29 is 14.4 Å². The number of aryl methyl sites for hydroxylation is 2. The summed E-state index contributed by atoms with van der Waals surface area (Å²) in [6.45, 7) is 3.18. The van der Waals surface area contributed by atoms with Crippen LogP contribution < -0.4 is 10.6 Å². The van der Waals surface area contributed by atoms with E-state index in [0.29, 0.717) is 37.9 Å². The summed E-state index contributed by atoms with van der Waals surface area (Å²) in [5.74, 6) is -0.167. The molecule has 1 saturated carbocycles. The second-order valence-corrected chi connectivity index (χ2v) is 9.31. The molecule has 1 unspecified atom stereocenters. The molecule has 1 atom stereocenters. The Kier molecular flexibility index (Phi) is 7.43. The molecule has 0 bridgehead atoms. The number of amides is 3. The van der Waals surface area contributed by atoms with Crippen molar-refractivity contribution in [1.82, 2.24) is 15.5 Å². The molecular weight excluding hydrogens is 414 g/mol. The number of hydrogen-bond donors (Lipinski definition) is 2. The monoisotopic (exact) mass is 447 g/mol. The fourth-order valence-electron chi connectivity index (χ4n) is 4.46. The Morgan fingerprint density at radius 1 is 0.970 bits per heavy atom. The minimum atomic E-state index is -0.583. The molecule has 2 aromatic rings. The van der Waals surface area contributed by atoms with Crippen LogP contribution in [-0.4, -0.2) is 47.8 Å². The molecule has 6 nitrogen and oxygen atoms in total. The lowest BCUT2D eigenvalue weighted by Gasteiger charge is -2.36. The second-order valence-electron chi connectivity index (χ2n) is 9.31. The standard InChI is InChI=1S/C27H33N3O3/c1-19-6-5-9-22(18-19)26(32)29-25(27(33)28-23-11-12-23)21-14-16-30(17-15-21)24(31)13-10-20-7-3-2-4-8-20/h2-9,18,21,23,25H,10-17H2,1H3,(H,28,33)(H,29,32). The molecule has 33 heavy (non-hydrogen) atoms. The third-order valence-electron chi connectivity index (χ3n) is 6.61. The molecule has 2 aromatic carbocycles. The summed E-state index contributed by atoms with van der Waals surface area (Å²) < 4.78 is 0. The first-order chi connectivity index (χ1) is 16.0. The zero-order valence-electron chi connectivity index (χ0n) is 19.3. The van der Waals surface area contributed by atoms with Crippen molar-refractivity contribution in [2.75, 3.05) is 13.1 Å². The van der Waals surface area contributed by atoms with Gasteiger partial charge in [0.1, 0.15) is 6.04 Å². The van der Waals surface area contributed by atoms with Gasteiger partial charge in [0.05, 0.1) is 0 Å². The number of piperidine rings is 1. The largest absolute Gasteiger partial charge is 0.352 e. The van der Waals surface area contributed by atoms with Gasteiger partial charge in [-0.3, -0.25) is 14.4 Å². The molecule has 4 rings (SSSR count). The molecule has 1 heterocycles. The number of carbonyl (C=O) groups is 3. The van der Waals surface area contributed by atoms with Crippen LogP contribution in [0.3, 0.4) is 0 Å². The third-order valence-corrected chi connectivity index (χ3v) is 6.61. The topological polar surface area (TPSA) is 78.5 Å². The van der Waals surface area contributed by atoms with Gasteiger partial charge in [-0.05, 0) is 62.6 Å². The summed E-state index contributed by atoms with van der Waals surface area (Å²) in [6, 6.07) is 17.1. The maximum absolute atomic E-state index is 13.0. The fourth-order valence-corrected chi connectivity index (χ4v) is 4.46. The van der Waals surface area contributed by atoms with Crippen LogP contribution >= 0.6 is 0 Å². The third kappa shape index (κ3) is 6.44. The number of nitrogens with zero attached hydrogens (tertiary/aromatic N) is 1. The quantitative estimate of drug-likeness (QED) is 0.652. The summed E-state index contributed by atoms with van der Waals surface area (Å²) in [7, 11) is 0. The average Bonchev–Trinajstić information content (AvgIpc) is 3.65. The van der Waals surface area contributed by atoms with Gasteiger partial charge in [-0.15, -0.1) is 0 Å². The van der Waals surface area contributed by atoms with Crippen molar-refractivity contribution in [1.29, 1.82) is 0 Å². The molecule has 0 radical (unpaired) electrons. The van der Waals surface area contributed by atoms with Gasteiger partial charge < -0.3 is 15.5 Å². The lowest BCUT2D eigenvalue weighted by Crippen LogP contribution is -2.54. The Hall–Kier alpha value is -3.15. The van der Waals surface area contributed by atoms with Crippen LogP contribution in [0.1, 0.15) is 53.6 Å². The van der Waals surface area contributed by atoms with Crippen molar-refractivity contribution in [3.05, 3.63) is 71.3 Å². The van der Waals surface area contributed by atoms with E-state index >= 15 is 0 Å². The molecular formula is C27H33N3O3. The van der Waals surface area contributed by atoms with Gasteiger partial charge >= 0.3 is 0 Å². The van der Waals surface area contributed by atoms with Crippen molar-refractivity contribution in [3.63, 3.8) is 0 Å². The van der Waals surface area contributed by atoms with Gasteiger partial charge in [0.25, 0.3) is 5.91 Å². The number of hydrogen-bond acceptors (Lipinski definition) is 3. The first kappa shape index (κ1) is 23.0. The van der Waals surface area contributed by atoms with Gasteiger partial charge in [0.2, 0.25) is 11.8 Å². The van der Waals surface area contributed by atoms with Gasteiger partial charge in [-0.25, -0.2) is 0 Å². The summed E-state index contributed by atoms with van der Waals surface area (Å²) >= 11 is 0. The lowest BCUT2D eigenvalue weighted by atomic mass is 9.88. The van der Waals surface area contributed by atoms with Crippen LogP contribution in [0.5, 0.6) is 0 Å². The Morgan fingerprint density at radius 3 is 2.36 bits per heavy atom. The van der Waals surface area contributed by atoms with E-state index < -0.39 is 6.04 Å². The summed E-state index contributed by atoms with van der Waals surface area (Å²) in [4.78, 5) is 40.5. The molecule has 1 aliphatic carbocycles.